The molecule has 7 rings (SSSR count). The van der Waals surface area contributed by atoms with Gasteiger partial charge in [0, 0.05) is 17.8 Å². The van der Waals surface area contributed by atoms with Gasteiger partial charge in [0.25, 0.3) is 0 Å². The van der Waals surface area contributed by atoms with E-state index < -0.39 is 0 Å². The third-order valence-corrected chi connectivity index (χ3v) is 8.59. The second-order valence-electron chi connectivity index (χ2n) is 8.90. The fourth-order valence-corrected chi connectivity index (χ4v) is 8.23. The smallest absolute Gasteiger partial charge is 0.104 e. The normalized spacial score (nSPS) is 74.6. The quantitative estimate of drug-likeness (QED) is 0.664. The molecule has 7 aliphatic carbocycles. The molecule has 0 aliphatic heterocycles. The maximum Gasteiger partial charge on any atom is 0.104 e. The van der Waals surface area contributed by atoms with Crippen LogP contribution in [-0.4, -0.2) is 5.54 Å². The van der Waals surface area contributed by atoms with Crippen molar-refractivity contribution in [1.82, 2.24) is 0 Å². The molecule has 94 valence electrons. The summed E-state index contributed by atoms with van der Waals surface area (Å²) in [6.07, 6.45) is 9.23. The van der Waals surface area contributed by atoms with E-state index in [2.05, 4.69) is 13.8 Å². The fraction of sp³-hybridized carbons (Fsp3) is 1.00. The van der Waals surface area contributed by atoms with Gasteiger partial charge >= 0.3 is 0 Å². The van der Waals surface area contributed by atoms with E-state index in [9.17, 15) is 0 Å². The summed E-state index contributed by atoms with van der Waals surface area (Å²) in [6, 6.07) is 0. The van der Waals surface area contributed by atoms with E-state index in [-0.39, 0.29) is 0 Å². The Balaban J connectivity index is 1.80. The molecule has 7 aliphatic rings. The highest BCUT2D eigenvalue weighted by molar-refractivity contribution is 5.26. The van der Waals surface area contributed by atoms with Crippen molar-refractivity contribution >= 4 is 0 Å². The molecular weight excluding hydrogens is 206 g/mol. The highest BCUT2D eigenvalue weighted by Crippen LogP contribution is 2.79. The van der Waals surface area contributed by atoms with Gasteiger partial charge in [0.05, 0.1) is 0 Å². The molecule has 3 N–H and O–H groups in total. The molecule has 8 atom stereocenters. The van der Waals surface area contributed by atoms with Crippen LogP contribution in [0.3, 0.4) is 0 Å². The number of rotatable bonds is 0. The summed E-state index contributed by atoms with van der Waals surface area (Å²) in [6.45, 7) is 5.29. The Morgan fingerprint density at radius 1 is 0.882 bits per heavy atom. The summed E-state index contributed by atoms with van der Waals surface area (Å²) < 4.78 is 0. The van der Waals surface area contributed by atoms with Gasteiger partial charge in [-0.25, -0.2) is 0 Å². The Labute approximate surface area is 105 Å². The molecule has 0 saturated heterocycles. The van der Waals surface area contributed by atoms with Crippen molar-refractivity contribution < 1.29 is 5.73 Å². The van der Waals surface area contributed by atoms with Crippen molar-refractivity contribution in [3.63, 3.8) is 0 Å². The molecule has 8 unspecified atom stereocenters. The van der Waals surface area contributed by atoms with Gasteiger partial charge < -0.3 is 5.73 Å². The van der Waals surface area contributed by atoms with E-state index in [4.69, 9.17) is 5.73 Å². The molecular formula is C16H26N+. The molecule has 0 aromatic heterocycles. The Morgan fingerprint density at radius 3 is 2.47 bits per heavy atom. The zero-order chi connectivity index (χ0) is 11.6. The summed E-state index contributed by atoms with van der Waals surface area (Å²) in [5, 5.41) is 0. The van der Waals surface area contributed by atoms with Crippen LogP contribution in [0.4, 0.5) is 0 Å². The summed E-state index contributed by atoms with van der Waals surface area (Å²) >= 11 is 0. The number of hydrogen-bond donors (Lipinski definition) is 1. The van der Waals surface area contributed by atoms with Gasteiger partial charge in [-0.3, -0.25) is 0 Å². The Morgan fingerprint density at radius 2 is 1.65 bits per heavy atom. The zero-order valence-corrected chi connectivity index (χ0v) is 11.3. The monoisotopic (exact) mass is 232 g/mol. The summed E-state index contributed by atoms with van der Waals surface area (Å²) in [4.78, 5) is 0. The maximum atomic E-state index is 4.89. The van der Waals surface area contributed by atoms with Crippen molar-refractivity contribution in [3.05, 3.63) is 0 Å². The highest BCUT2D eigenvalue weighted by atomic mass is 14.9. The first-order valence-corrected chi connectivity index (χ1v) is 7.83. The van der Waals surface area contributed by atoms with Crippen LogP contribution >= 0.6 is 0 Å². The van der Waals surface area contributed by atoms with Crippen LogP contribution < -0.4 is 5.73 Å². The predicted octanol–water partition coefficient (Wildman–Crippen LogP) is 2.47. The molecule has 1 heteroatoms. The highest BCUT2D eigenvalue weighted by Gasteiger charge is 2.79. The van der Waals surface area contributed by atoms with Crippen LogP contribution in [-0.2, 0) is 0 Å². The van der Waals surface area contributed by atoms with Crippen molar-refractivity contribution in [2.75, 3.05) is 0 Å². The molecule has 0 radical (unpaired) electrons. The van der Waals surface area contributed by atoms with Gasteiger partial charge in [0.2, 0.25) is 0 Å². The second kappa shape index (κ2) is 2.35. The maximum absolute atomic E-state index is 4.89. The van der Waals surface area contributed by atoms with E-state index in [1.54, 1.807) is 19.3 Å². The van der Waals surface area contributed by atoms with Gasteiger partial charge in [-0.05, 0) is 61.2 Å². The van der Waals surface area contributed by atoms with Gasteiger partial charge in [-0.1, -0.05) is 13.8 Å². The second-order valence-corrected chi connectivity index (χ2v) is 8.90. The van der Waals surface area contributed by atoms with Crippen LogP contribution in [0.1, 0.15) is 52.4 Å². The first kappa shape index (κ1) is 9.83. The minimum atomic E-state index is 0.473. The SMILES string of the molecule is CC12CC3CC4C1CC1CC2C([NH3+])(C3)C4(C)C1. The van der Waals surface area contributed by atoms with Gasteiger partial charge in [0.1, 0.15) is 5.54 Å². The zero-order valence-electron chi connectivity index (χ0n) is 11.3. The topological polar surface area (TPSA) is 27.6 Å². The molecule has 0 aromatic carbocycles. The van der Waals surface area contributed by atoms with Crippen LogP contribution in [0, 0.1) is 40.4 Å². The Hall–Kier alpha value is -0.0400. The lowest BCUT2D eigenvalue weighted by Crippen LogP contribution is -2.93. The molecule has 0 amide bonds. The van der Waals surface area contributed by atoms with Crippen LogP contribution in [0.15, 0.2) is 0 Å². The average Bonchev–Trinajstić information content (AvgIpc) is 2.25. The largest absolute Gasteiger partial charge is 0.352 e. The van der Waals surface area contributed by atoms with Gasteiger partial charge in [-0.15, -0.1) is 0 Å². The minimum Gasteiger partial charge on any atom is -0.352 e. The fourth-order valence-electron chi connectivity index (χ4n) is 8.23. The van der Waals surface area contributed by atoms with E-state index in [1.807, 2.05) is 0 Å². The molecule has 0 spiro atoms. The summed E-state index contributed by atoms with van der Waals surface area (Å²) in [5.74, 6) is 5.22. The minimum absolute atomic E-state index is 0.473. The van der Waals surface area contributed by atoms with E-state index in [1.165, 1.54) is 19.3 Å². The molecule has 0 aromatic rings. The molecule has 8 bridgehead atoms. The third-order valence-electron chi connectivity index (χ3n) is 8.59. The van der Waals surface area contributed by atoms with E-state index in [0.717, 1.165) is 29.6 Å². The summed E-state index contributed by atoms with van der Waals surface area (Å²) in [7, 11) is 0. The lowest BCUT2D eigenvalue weighted by Gasteiger charge is -2.79. The lowest BCUT2D eigenvalue weighted by molar-refractivity contribution is -0.579. The number of hydrogen-bond acceptors (Lipinski definition) is 0. The Kier molecular flexibility index (Phi) is 1.36. The summed E-state index contributed by atoms with van der Waals surface area (Å²) in [5.41, 5.74) is 6.68. The standard InChI is InChI=1S/C16H25N/c1-14-6-10-4-12-11(14)3-9-5-13(14)16(17,8-10)15(12,2)7-9/h9-13H,3-8,17H2,1-2H3/p+1. The van der Waals surface area contributed by atoms with Crippen LogP contribution in [0.25, 0.3) is 0 Å². The first-order chi connectivity index (χ1) is 7.97. The van der Waals surface area contributed by atoms with Gasteiger partial charge in [0.15, 0.2) is 0 Å². The van der Waals surface area contributed by atoms with E-state index >= 15 is 0 Å². The van der Waals surface area contributed by atoms with Gasteiger partial charge in [-0.2, -0.15) is 0 Å². The molecule has 1 nitrogen and oxygen atoms in total. The Bertz CT molecular complexity index is 418. The lowest BCUT2D eigenvalue weighted by atomic mass is 9.25. The predicted molar refractivity (Wildman–Crippen MR) is 67.0 cm³/mol. The molecule has 7 saturated carbocycles. The third kappa shape index (κ3) is 0.760. The van der Waals surface area contributed by atoms with E-state index in [0.29, 0.717) is 16.4 Å². The average molecular weight is 232 g/mol. The number of quaternary nitrogens is 1. The molecule has 7 fully saturated rings. The van der Waals surface area contributed by atoms with Crippen molar-refractivity contribution in [3.8, 4) is 0 Å². The van der Waals surface area contributed by atoms with Crippen LogP contribution in [0.5, 0.6) is 0 Å². The van der Waals surface area contributed by atoms with Crippen molar-refractivity contribution in [2.45, 2.75) is 57.9 Å². The van der Waals surface area contributed by atoms with Crippen molar-refractivity contribution in [2.24, 2.45) is 40.4 Å². The molecule has 17 heavy (non-hydrogen) atoms. The van der Waals surface area contributed by atoms with Crippen LogP contribution in [0.2, 0.25) is 0 Å². The first-order valence-electron chi connectivity index (χ1n) is 7.83. The van der Waals surface area contributed by atoms with Crippen molar-refractivity contribution in [1.29, 1.82) is 0 Å². The molecule has 0 heterocycles.